The molecule has 152 valence electrons. The predicted molar refractivity (Wildman–Crippen MR) is 108 cm³/mol. The molecule has 29 heavy (non-hydrogen) atoms. The van der Waals surface area contributed by atoms with Crippen molar-refractivity contribution in [2.45, 2.75) is 22.2 Å². The second-order valence-electron chi connectivity index (χ2n) is 5.80. The number of carbonyl (C=O) groups excluding carboxylic acids is 3. The fraction of sp³-hybridized carbons (Fsp3) is 0.400. The van der Waals surface area contributed by atoms with Gasteiger partial charge < -0.3 is 10.4 Å². The molecule has 1 saturated heterocycles. The van der Waals surface area contributed by atoms with Crippen LogP contribution in [-0.4, -0.2) is 72.4 Å². The number of aliphatic carboxylic acids is 1. The van der Waals surface area contributed by atoms with E-state index in [1.165, 1.54) is 39.8 Å². The van der Waals surface area contributed by atoms with Crippen molar-refractivity contribution in [1.82, 2.24) is 20.4 Å². The lowest BCUT2D eigenvalue weighted by Crippen LogP contribution is -2.70. The van der Waals surface area contributed by atoms with Gasteiger partial charge in [-0.05, 0) is 17.3 Å². The first-order chi connectivity index (χ1) is 13.9. The third-order valence-corrected chi connectivity index (χ3v) is 7.81. The number of Topliss-reactive ketones (excluding diaryl/α,β-unsaturated/α-hetero) is 1. The minimum atomic E-state index is -1.20. The van der Waals surface area contributed by atoms with E-state index in [1.807, 2.05) is 0 Å². The standard InChI is InChI=1S/C15H13N5O5S4/c16-5-26-4-8(21)1-9(22)18-10-12(23)20-11(14(24)25)7(2-27-13(10)20)3-28-15-19-17-6-29-15/h6,10,13H,1-4H2,(H,18,22)(H,24,25)/t10?,13-/m0/s1. The van der Waals surface area contributed by atoms with E-state index in [1.54, 1.807) is 10.9 Å². The van der Waals surface area contributed by atoms with E-state index >= 15 is 0 Å². The molecule has 10 nitrogen and oxygen atoms in total. The molecule has 3 rings (SSSR count). The molecule has 2 atom stereocenters. The Kier molecular flexibility index (Phi) is 7.17. The molecule has 1 fully saturated rings. The van der Waals surface area contributed by atoms with Gasteiger partial charge in [0.2, 0.25) is 5.91 Å². The minimum absolute atomic E-state index is 0.0669. The molecule has 1 aromatic heterocycles. The van der Waals surface area contributed by atoms with Gasteiger partial charge in [-0.2, -0.15) is 5.26 Å². The highest BCUT2D eigenvalue weighted by Gasteiger charge is 2.54. The number of nitrogens with zero attached hydrogens (tertiary/aromatic N) is 4. The van der Waals surface area contributed by atoms with Gasteiger partial charge in [0.05, 0.1) is 12.2 Å². The Balaban J connectivity index is 1.64. The van der Waals surface area contributed by atoms with Crippen LogP contribution in [0.25, 0.3) is 0 Å². The lowest BCUT2D eigenvalue weighted by molar-refractivity contribution is -0.150. The maximum atomic E-state index is 12.5. The normalized spacial score (nSPS) is 20.5. The number of thiocyanates is 1. The summed E-state index contributed by atoms with van der Waals surface area (Å²) < 4.78 is 0.702. The Morgan fingerprint density at radius 2 is 2.24 bits per heavy atom. The van der Waals surface area contributed by atoms with Crippen LogP contribution in [0.4, 0.5) is 0 Å². The van der Waals surface area contributed by atoms with Crippen molar-refractivity contribution in [3.05, 3.63) is 16.8 Å². The molecule has 0 saturated carbocycles. The van der Waals surface area contributed by atoms with E-state index in [4.69, 9.17) is 5.26 Å². The Labute approximate surface area is 181 Å². The zero-order chi connectivity index (χ0) is 21.0. The van der Waals surface area contributed by atoms with Crippen LogP contribution in [0, 0.1) is 10.7 Å². The van der Waals surface area contributed by atoms with Crippen LogP contribution in [0.5, 0.6) is 0 Å². The molecular weight excluding hydrogens is 458 g/mol. The van der Waals surface area contributed by atoms with Gasteiger partial charge in [-0.15, -0.1) is 22.0 Å². The number of ketones is 1. The average Bonchev–Trinajstić information content (AvgIpc) is 3.21. The summed E-state index contributed by atoms with van der Waals surface area (Å²) in [4.78, 5) is 49.1. The predicted octanol–water partition coefficient (Wildman–Crippen LogP) is 0.542. The quantitative estimate of drug-likeness (QED) is 0.224. The lowest BCUT2D eigenvalue weighted by Gasteiger charge is -2.49. The smallest absolute Gasteiger partial charge is 0.352 e. The molecule has 0 bridgehead atoms. The van der Waals surface area contributed by atoms with Crippen molar-refractivity contribution < 1.29 is 24.3 Å². The van der Waals surface area contributed by atoms with Gasteiger partial charge in [-0.1, -0.05) is 23.1 Å². The van der Waals surface area contributed by atoms with E-state index in [0.29, 0.717) is 21.4 Å². The number of hydrogen-bond donors (Lipinski definition) is 2. The SMILES string of the molecule is N#CSCC(=O)CC(=O)NC1C(=O)N2C(C(=O)O)=C(CSc3nncs3)CS[C@@H]12. The van der Waals surface area contributed by atoms with Gasteiger partial charge in [0, 0.05) is 11.5 Å². The zero-order valence-electron chi connectivity index (χ0n) is 14.6. The Hall–Kier alpha value is -2.08. The van der Waals surface area contributed by atoms with Crippen LogP contribution in [0.15, 0.2) is 21.1 Å². The molecule has 0 spiro atoms. The molecule has 2 aliphatic rings. The molecule has 2 aliphatic heterocycles. The molecule has 2 N–H and O–H groups in total. The summed E-state index contributed by atoms with van der Waals surface area (Å²) in [5.41, 5.74) is 2.11. The number of carboxylic acid groups (broad SMARTS) is 1. The zero-order valence-corrected chi connectivity index (χ0v) is 17.8. The second kappa shape index (κ2) is 9.61. The molecule has 1 aromatic rings. The van der Waals surface area contributed by atoms with Crippen molar-refractivity contribution in [2.75, 3.05) is 17.3 Å². The molecule has 0 aromatic carbocycles. The van der Waals surface area contributed by atoms with Crippen molar-refractivity contribution in [1.29, 1.82) is 5.26 Å². The Morgan fingerprint density at radius 3 is 2.90 bits per heavy atom. The topological polar surface area (TPSA) is 153 Å². The van der Waals surface area contributed by atoms with Crippen molar-refractivity contribution >= 4 is 70.2 Å². The first-order valence-electron chi connectivity index (χ1n) is 8.03. The lowest BCUT2D eigenvalue weighted by atomic mass is 10.0. The monoisotopic (exact) mass is 471 g/mol. The second-order valence-corrected chi connectivity index (χ2v) is 9.72. The highest BCUT2D eigenvalue weighted by Crippen LogP contribution is 2.41. The number of thioether (sulfide) groups is 3. The molecular formula is C15H13N5O5S4. The summed E-state index contributed by atoms with van der Waals surface area (Å²) in [7, 11) is 0. The number of β-lactam (4-membered cyclic amide) rings is 1. The highest BCUT2D eigenvalue weighted by atomic mass is 32.2. The average molecular weight is 472 g/mol. The van der Waals surface area contributed by atoms with Gasteiger partial charge >= 0.3 is 5.97 Å². The molecule has 2 amide bonds. The number of rotatable bonds is 9. The summed E-state index contributed by atoms with van der Waals surface area (Å²) in [5.74, 6) is -2.11. The van der Waals surface area contributed by atoms with Gasteiger partial charge in [0.1, 0.15) is 28.0 Å². The van der Waals surface area contributed by atoms with Gasteiger partial charge in [-0.25, -0.2) is 4.79 Å². The first kappa shape index (κ1) is 21.6. The number of hydrogen-bond acceptors (Lipinski definition) is 11. The molecule has 1 unspecified atom stereocenters. The summed E-state index contributed by atoms with van der Waals surface area (Å²) in [6.07, 6.45) is -0.429. The summed E-state index contributed by atoms with van der Waals surface area (Å²) in [6, 6.07) is -0.879. The van der Waals surface area contributed by atoms with Crippen LogP contribution < -0.4 is 5.32 Å². The fourth-order valence-electron chi connectivity index (χ4n) is 2.74. The van der Waals surface area contributed by atoms with Gasteiger partial charge in [0.25, 0.3) is 5.91 Å². The van der Waals surface area contributed by atoms with E-state index < -0.39 is 41.4 Å². The third kappa shape index (κ3) is 4.92. The Bertz CT molecular complexity index is 913. The van der Waals surface area contributed by atoms with Gasteiger partial charge in [-0.3, -0.25) is 19.3 Å². The van der Waals surface area contributed by atoms with Crippen molar-refractivity contribution in [2.24, 2.45) is 0 Å². The number of amides is 2. The number of carbonyl (C=O) groups is 4. The fourth-order valence-corrected chi connectivity index (χ4v) is 6.04. The molecule has 0 radical (unpaired) electrons. The highest BCUT2D eigenvalue weighted by molar-refractivity contribution is 8.04. The molecule has 0 aliphatic carbocycles. The van der Waals surface area contributed by atoms with Crippen LogP contribution >= 0.6 is 46.6 Å². The summed E-state index contributed by atoms with van der Waals surface area (Å²) in [5, 5.41) is 29.4. The minimum Gasteiger partial charge on any atom is -0.477 e. The summed E-state index contributed by atoms with van der Waals surface area (Å²) >= 11 is 4.79. The maximum Gasteiger partial charge on any atom is 0.352 e. The number of carboxylic acids is 1. The molecule has 14 heteroatoms. The van der Waals surface area contributed by atoms with Crippen LogP contribution in [0.2, 0.25) is 0 Å². The molecule has 3 heterocycles. The van der Waals surface area contributed by atoms with Gasteiger partial charge in [0.15, 0.2) is 10.1 Å². The van der Waals surface area contributed by atoms with Crippen molar-refractivity contribution in [3.8, 4) is 5.40 Å². The van der Waals surface area contributed by atoms with E-state index in [2.05, 4.69) is 15.5 Å². The number of fused-ring (bicyclic) bond motifs is 1. The van der Waals surface area contributed by atoms with Crippen LogP contribution in [0.1, 0.15) is 6.42 Å². The van der Waals surface area contributed by atoms with Crippen molar-refractivity contribution in [3.63, 3.8) is 0 Å². The largest absolute Gasteiger partial charge is 0.477 e. The number of aromatic nitrogens is 2. The van der Waals surface area contributed by atoms with Crippen LogP contribution in [-0.2, 0) is 19.2 Å². The maximum absolute atomic E-state index is 12.5. The number of nitriles is 1. The van der Waals surface area contributed by atoms with E-state index in [-0.39, 0.29) is 11.4 Å². The summed E-state index contributed by atoms with van der Waals surface area (Å²) in [6.45, 7) is 0. The van der Waals surface area contributed by atoms with Crippen LogP contribution in [0.3, 0.4) is 0 Å². The number of nitrogens with one attached hydrogen (secondary N) is 1. The van der Waals surface area contributed by atoms with E-state index in [0.717, 1.165) is 11.8 Å². The Morgan fingerprint density at radius 1 is 1.45 bits per heavy atom. The third-order valence-electron chi connectivity index (χ3n) is 3.93. The first-order valence-corrected chi connectivity index (χ1v) is 11.9. The van der Waals surface area contributed by atoms with E-state index in [9.17, 15) is 24.3 Å².